The number of aliphatic hydroxyl groups is 1. The van der Waals surface area contributed by atoms with E-state index >= 15 is 0 Å². The van der Waals surface area contributed by atoms with Gasteiger partial charge in [-0.15, -0.1) is 0 Å². The molecule has 0 aromatic carbocycles. The molecule has 2 saturated heterocycles. The summed E-state index contributed by atoms with van der Waals surface area (Å²) in [6.45, 7) is 4.33. The van der Waals surface area contributed by atoms with Crippen molar-refractivity contribution in [2.75, 3.05) is 26.2 Å². The Morgan fingerprint density at radius 1 is 1.31 bits per heavy atom. The molecule has 2 aliphatic rings. The van der Waals surface area contributed by atoms with Crippen LogP contribution in [0.3, 0.4) is 0 Å². The first-order chi connectivity index (χ1) is 6.36. The molecule has 0 bridgehead atoms. The fourth-order valence-corrected chi connectivity index (χ4v) is 2.40. The van der Waals surface area contributed by atoms with E-state index in [1.54, 1.807) is 0 Å². The Hall–Kier alpha value is -0.120. The van der Waals surface area contributed by atoms with Crippen LogP contribution >= 0.6 is 0 Å². The third-order valence-electron chi connectivity index (χ3n) is 3.21. The Morgan fingerprint density at radius 3 is 2.69 bits per heavy atom. The van der Waals surface area contributed by atoms with Gasteiger partial charge < -0.3 is 15.3 Å². The number of aliphatic hydroxyl groups excluding tert-OH is 1. The molecule has 0 radical (unpaired) electrons. The van der Waals surface area contributed by atoms with Crippen molar-refractivity contribution < 1.29 is 5.11 Å². The highest BCUT2D eigenvalue weighted by Gasteiger charge is 2.25. The zero-order chi connectivity index (χ0) is 9.10. The molecule has 3 nitrogen and oxygen atoms in total. The summed E-state index contributed by atoms with van der Waals surface area (Å²) in [7, 11) is 0. The van der Waals surface area contributed by atoms with Gasteiger partial charge in [0.1, 0.15) is 0 Å². The molecular weight excluding hydrogens is 164 g/mol. The van der Waals surface area contributed by atoms with E-state index in [2.05, 4.69) is 10.2 Å². The van der Waals surface area contributed by atoms with Crippen molar-refractivity contribution in [1.82, 2.24) is 10.2 Å². The number of hydrogen-bond acceptors (Lipinski definition) is 3. The van der Waals surface area contributed by atoms with E-state index < -0.39 is 0 Å². The Bertz CT molecular complexity index is 151. The topological polar surface area (TPSA) is 35.5 Å². The lowest BCUT2D eigenvalue weighted by Crippen LogP contribution is -2.42. The van der Waals surface area contributed by atoms with Crippen LogP contribution in [0.15, 0.2) is 0 Å². The average Bonchev–Trinajstić information content (AvgIpc) is 2.74. The second kappa shape index (κ2) is 4.40. The third-order valence-corrected chi connectivity index (χ3v) is 3.21. The van der Waals surface area contributed by atoms with Gasteiger partial charge in [0.05, 0.1) is 6.10 Å². The van der Waals surface area contributed by atoms with Crippen molar-refractivity contribution in [3.63, 3.8) is 0 Å². The largest absolute Gasteiger partial charge is 0.390 e. The molecule has 2 rings (SSSR count). The van der Waals surface area contributed by atoms with Crippen LogP contribution < -0.4 is 5.32 Å². The molecule has 2 fully saturated rings. The maximum Gasteiger partial charge on any atom is 0.0819 e. The molecule has 2 heterocycles. The number of nitrogens with zero attached hydrogens (tertiary/aromatic N) is 1. The maximum atomic E-state index is 9.91. The van der Waals surface area contributed by atoms with E-state index in [-0.39, 0.29) is 6.10 Å². The molecule has 3 heteroatoms. The summed E-state index contributed by atoms with van der Waals surface area (Å²) < 4.78 is 0. The summed E-state index contributed by atoms with van der Waals surface area (Å²) in [4.78, 5) is 2.38. The first-order valence-corrected chi connectivity index (χ1v) is 5.50. The van der Waals surface area contributed by atoms with Crippen LogP contribution in [0.25, 0.3) is 0 Å². The van der Waals surface area contributed by atoms with Gasteiger partial charge in [0, 0.05) is 12.6 Å². The minimum absolute atomic E-state index is 0.152. The van der Waals surface area contributed by atoms with Gasteiger partial charge in [-0.25, -0.2) is 0 Å². The van der Waals surface area contributed by atoms with Gasteiger partial charge >= 0.3 is 0 Å². The summed E-state index contributed by atoms with van der Waals surface area (Å²) in [5, 5.41) is 13.3. The zero-order valence-electron chi connectivity index (χ0n) is 8.21. The summed E-state index contributed by atoms with van der Waals surface area (Å²) >= 11 is 0. The third kappa shape index (κ3) is 2.42. The monoisotopic (exact) mass is 184 g/mol. The number of hydrogen-bond donors (Lipinski definition) is 2. The van der Waals surface area contributed by atoms with Crippen LogP contribution in [-0.2, 0) is 0 Å². The fraction of sp³-hybridized carbons (Fsp3) is 1.00. The van der Waals surface area contributed by atoms with Crippen molar-refractivity contribution in [2.24, 2.45) is 0 Å². The lowest BCUT2D eigenvalue weighted by molar-refractivity contribution is 0.0948. The van der Waals surface area contributed by atoms with Crippen LogP contribution in [0.5, 0.6) is 0 Å². The van der Waals surface area contributed by atoms with Crippen molar-refractivity contribution in [1.29, 1.82) is 0 Å². The van der Waals surface area contributed by atoms with Crippen molar-refractivity contribution >= 4 is 0 Å². The summed E-state index contributed by atoms with van der Waals surface area (Å²) in [6, 6.07) is 0.362. The SMILES string of the molecule is OC(CN1CCCC1)C1CCCN1. The Balaban J connectivity index is 1.73. The molecule has 2 unspecified atom stereocenters. The van der Waals surface area contributed by atoms with E-state index in [1.165, 1.54) is 32.4 Å². The molecule has 0 spiro atoms. The minimum atomic E-state index is -0.152. The maximum absolute atomic E-state index is 9.91. The molecule has 76 valence electrons. The van der Waals surface area contributed by atoms with Gasteiger partial charge in [0.2, 0.25) is 0 Å². The number of β-amino-alcohol motifs (C(OH)–C–C–N with tert-alkyl or cyclic N) is 1. The Morgan fingerprint density at radius 2 is 2.08 bits per heavy atom. The van der Waals surface area contributed by atoms with E-state index in [1.807, 2.05) is 0 Å². The Kier molecular flexibility index (Phi) is 3.19. The summed E-state index contributed by atoms with van der Waals surface area (Å²) in [6.07, 6.45) is 4.84. The molecule has 0 saturated carbocycles. The van der Waals surface area contributed by atoms with Crippen LogP contribution in [0.4, 0.5) is 0 Å². The van der Waals surface area contributed by atoms with E-state index in [0.717, 1.165) is 19.5 Å². The van der Waals surface area contributed by atoms with Gasteiger partial charge in [0.15, 0.2) is 0 Å². The first-order valence-electron chi connectivity index (χ1n) is 5.50. The van der Waals surface area contributed by atoms with Crippen LogP contribution in [-0.4, -0.2) is 48.3 Å². The summed E-state index contributed by atoms with van der Waals surface area (Å²) in [5.74, 6) is 0. The minimum Gasteiger partial charge on any atom is -0.390 e. The van der Waals surface area contributed by atoms with Crippen LogP contribution in [0.1, 0.15) is 25.7 Å². The molecule has 2 atom stereocenters. The Labute approximate surface area is 80.1 Å². The quantitative estimate of drug-likeness (QED) is 0.657. The normalized spacial score (nSPS) is 32.5. The van der Waals surface area contributed by atoms with E-state index in [4.69, 9.17) is 0 Å². The first kappa shape index (κ1) is 9.44. The molecular formula is C10H20N2O. The molecule has 0 aromatic heterocycles. The van der Waals surface area contributed by atoms with Gasteiger partial charge in [-0.05, 0) is 45.3 Å². The lowest BCUT2D eigenvalue weighted by atomic mass is 10.1. The smallest absolute Gasteiger partial charge is 0.0819 e. The van der Waals surface area contributed by atoms with Crippen LogP contribution in [0, 0.1) is 0 Å². The second-order valence-corrected chi connectivity index (χ2v) is 4.28. The predicted molar refractivity (Wildman–Crippen MR) is 52.7 cm³/mol. The van der Waals surface area contributed by atoms with E-state index in [9.17, 15) is 5.11 Å². The molecule has 0 amide bonds. The molecule has 2 N–H and O–H groups in total. The number of nitrogens with one attached hydrogen (secondary N) is 1. The zero-order valence-corrected chi connectivity index (χ0v) is 8.21. The second-order valence-electron chi connectivity index (χ2n) is 4.28. The average molecular weight is 184 g/mol. The van der Waals surface area contributed by atoms with Gasteiger partial charge in [-0.3, -0.25) is 0 Å². The molecule has 13 heavy (non-hydrogen) atoms. The number of likely N-dealkylation sites (tertiary alicyclic amines) is 1. The highest BCUT2D eigenvalue weighted by atomic mass is 16.3. The lowest BCUT2D eigenvalue weighted by Gasteiger charge is -2.23. The van der Waals surface area contributed by atoms with Gasteiger partial charge in [-0.1, -0.05) is 0 Å². The van der Waals surface area contributed by atoms with Gasteiger partial charge in [-0.2, -0.15) is 0 Å². The molecule has 2 aliphatic heterocycles. The predicted octanol–water partition coefficient (Wildman–Crippen LogP) is 0.195. The van der Waals surface area contributed by atoms with Crippen LogP contribution in [0.2, 0.25) is 0 Å². The van der Waals surface area contributed by atoms with Crippen molar-refractivity contribution in [3.8, 4) is 0 Å². The highest BCUT2D eigenvalue weighted by molar-refractivity contribution is 4.84. The van der Waals surface area contributed by atoms with Crippen molar-refractivity contribution in [2.45, 2.75) is 37.8 Å². The fourth-order valence-electron chi connectivity index (χ4n) is 2.40. The highest BCUT2D eigenvalue weighted by Crippen LogP contribution is 2.13. The van der Waals surface area contributed by atoms with Gasteiger partial charge in [0.25, 0.3) is 0 Å². The molecule has 0 aliphatic carbocycles. The molecule has 0 aromatic rings. The van der Waals surface area contributed by atoms with E-state index in [0.29, 0.717) is 6.04 Å². The number of rotatable bonds is 3. The summed E-state index contributed by atoms with van der Waals surface area (Å²) in [5.41, 5.74) is 0. The van der Waals surface area contributed by atoms with Crippen molar-refractivity contribution in [3.05, 3.63) is 0 Å². The standard InChI is InChI=1S/C10H20N2O/c13-10(9-4-3-5-11-9)8-12-6-1-2-7-12/h9-11,13H,1-8H2.